The zero-order valence-corrected chi connectivity index (χ0v) is 11.2. The highest BCUT2D eigenvalue weighted by Gasteiger charge is 2.25. The highest BCUT2D eigenvalue weighted by atomic mass is 16.4. The van der Waals surface area contributed by atoms with Crippen molar-refractivity contribution < 1.29 is 19.5 Å². The summed E-state index contributed by atoms with van der Waals surface area (Å²) in [6.07, 6.45) is 2.84. The molecule has 110 valence electrons. The van der Waals surface area contributed by atoms with Crippen LogP contribution in [0.4, 0.5) is 4.79 Å². The number of urea groups is 1. The number of nitrogens with one attached hydrogen (secondary N) is 1. The summed E-state index contributed by atoms with van der Waals surface area (Å²) in [6.45, 7) is 1.61. The van der Waals surface area contributed by atoms with E-state index < -0.39 is 23.9 Å². The second-order valence-electron chi connectivity index (χ2n) is 4.15. The van der Waals surface area contributed by atoms with Crippen LogP contribution in [0.3, 0.4) is 0 Å². The van der Waals surface area contributed by atoms with Gasteiger partial charge < -0.3 is 21.1 Å². The van der Waals surface area contributed by atoms with Gasteiger partial charge in [0.1, 0.15) is 6.54 Å². The van der Waals surface area contributed by atoms with Crippen LogP contribution in [0.2, 0.25) is 0 Å². The van der Waals surface area contributed by atoms with Crippen molar-refractivity contribution in [2.24, 2.45) is 12.8 Å². The molecule has 0 aliphatic rings. The zero-order valence-electron chi connectivity index (χ0n) is 11.2. The van der Waals surface area contributed by atoms with Crippen LogP contribution in [-0.2, 0) is 16.6 Å². The van der Waals surface area contributed by atoms with Gasteiger partial charge in [-0.15, -0.1) is 0 Å². The second kappa shape index (κ2) is 6.55. The fraction of sp³-hybridized carbons (Fsp3) is 0.455. The lowest BCUT2D eigenvalue weighted by Gasteiger charge is -2.22. The molecule has 4 N–H and O–H groups in total. The van der Waals surface area contributed by atoms with Gasteiger partial charge in [0.2, 0.25) is 5.91 Å². The quantitative estimate of drug-likeness (QED) is 0.620. The van der Waals surface area contributed by atoms with Gasteiger partial charge in [-0.2, -0.15) is 5.10 Å². The summed E-state index contributed by atoms with van der Waals surface area (Å²) in [4.78, 5) is 35.1. The molecule has 0 fully saturated rings. The van der Waals surface area contributed by atoms with Crippen molar-refractivity contribution in [3.63, 3.8) is 0 Å². The number of rotatable bonds is 6. The molecule has 1 rings (SSSR count). The van der Waals surface area contributed by atoms with Crippen molar-refractivity contribution in [2.75, 3.05) is 13.1 Å². The minimum Gasteiger partial charge on any atom is -0.479 e. The molecule has 1 aromatic heterocycles. The number of nitrogens with zero attached hydrogens (tertiary/aromatic N) is 3. The lowest BCUT2D eigenvalue weighted by atomic mass is 10.1. The van der Waals surface area contributed by atoms with Gasteiger partial charge in [-0.25, -0.2) is 9.59 Å². The van der Waals surface area contributed by atoms with Gasteiger partial charge in [0, 0.05) is 25.4 Å². The lowest BCUT2D eigenvalue weighted by molar-refractivity contribution is -0.139. The molecular formula is C11H17N5O4. The first-order valence-corrected chi connectivity index (χ1v) is 5.90. The third-order valence-electron chi connectivity index (χ3n) is 2.59. The molecule has 0 bridgehead atoms. The van der Waals surface area contributed by atoms with Gasteiger partial charge in [-0.3, -0.25) is 9.48 Å². The number of hydrogen-bond acceptors (Lipinski definition) is 4. The van der Waals surface area contributed by atoms with Crippen LogP contribution < -0.4 is 11.1 Å². The number of nitrogens with two attached hydrogens (primary N) is 1. The second-order valence-corrected chi connectivity index (χ2v) is 4.15. The van der Waals surface area contributed by atoms with Gasteiger partial charge in [0.15, 0.2) is 6.04 Å². The average Bonchev–Trinajstić information content (AvgIpc) is 2.78. The van der Waals surface area contributed by atoms with E-state index in [-0.39, 0.29) is 13.1 Å². The summed E-state index contributed by atoms with van der Waals surface area (Å²) < 4.78 is 1.43. The van der Waals surface area contributed by atoms with Crippen LogP contribution in [0.1, 0.15) is 18.5 Å². The molecule has 0 radical (unpaired) electrons. The fourth-order valence-corrected chi connectivity index (χ4v) is 1.61. The van der Waals surface area contributed by atoms with E-state index in [2.05, 4.69) is 10.4 Å². The normalized spacial score (nSPS) is 11.7. The molecule has 0 saturated heterocycles. The van der Waals surface area contributed by atoms with Crippen LogP contribution in [0.15, 0.2) is 12.4 Å². The number of likely N-dealkylation sites (N-methyl/N-ethyl adjacent to an activating group) is 1. The minimum absolute atomic E-state index is 0.230. The topological polar surface area (TPSA) is 131 Å². The zero-order chi connectivity index (χ0) is 15.3. The van der Waals surface area contributed by atoms with Crippen molar-refractivity contribution in [2.45, 2.75) is 13.0 Å². The molecule has 1 heterocycles. The van der Waals surface area contributed by atoms with E-state index in [9.17, 15) is 14.4 Å². The number of aliphatic carboxylic acids is 1. The van der Waals surface area contributed by atoms with Crippen molar-refractivity contribution in [3.05, 3.63) is 18.0 Å². The predicted octanol–water partition coefficient (Wildman–Crippen LogP) is -0.937. The van der Waals surface area contributed by atoms with Crippen LogP contribution in [0, 0.1) is 0 Å². The van der Waals surface area contributed by atoms with Gasteiger partial charge in [0.25, 0.3) is 0 Å². The molecule has 1 unspecified atom stereocenters. The third kappa shape index (κ3) is 3.97. The standard InChI is InChI=1S/C11H17N5O4/c1-3-16(6-8(12)17)11(20)14-9(10(18)19)7-4-13-15(2)5-7/h4-5,9H,3,6H2,1-2H3,(H2,12,17)(H,14,20)(H,18,19). The van der Waals surface area contributed by atoms with Crippen molar-refractivity contribution in [1.29, 1.82) is 0 Å². The van der Waals surface area contributed by atoms with Gasteiger partial charge >= 0.3 is 12.0 Å². The number of aryl methyl sites for hydroxylation is 1. The molecular weight excluding hydrogens is 266 g/mol. The van der Waals surface area contributed by atoms with Crippen molar-refractivity contribution >= 4 is 17.9 Å². The Bertz CT molecular complexity index is 513. The van der Waals surface area contributed by atoms with Crippen LogP contribution in [0.25, 0.3) is 0 Å². The number of carboxylic acid groups (broad SMARTS) is 1. The minimum atomic E-state index is -1.24. The first-order chi connectivity index (χ1) is 9.35. The maximum Gasteiger partial charge on any atom is 0.331 e. The summed E-state index contributed by atoms with van der Waals surface area (Å²) >= 11 is 0. The smallest absolute Gasteiger partial charge is 0.331 e. The Morgan fingerprint density at radius 2 is 2.20 bits per heavy atom. The number of carbonyl (C=O) groups is 3. The average molecular weight is 283 g/mol. The molecule has 0 aromatic carbocycles. The number of carboxylic acids is 1. The Morgan fingerprint density at radius 3 is 2.60 bits per heavy atom. The van der Waals surface area contributed by atoms with Crippen LogP contribution in [0.5, 0.6) is 0 Å². The monoisotopic (exact) mass is 283 g/mol. The largest absolute Gasteiger partial charge is 0.479 e. The van der Waals surface area contributed by atoms with E-state index >= 15 is 0 Å². The van der Waals surface area contributed by atoms with Crippen molar-refractivity contribution in [1.82, 2.24) is 20.0 Å². The van der Waals surface area contributed by atoms with Gasteiger partial charge in [-0.05, 0) is 6.92 Å². The molecule has 20 heavy (non-hydrogen) atoms. The fourth-order valence-electron chi connectivity index (χ4n) is 1.61. The predicted molar refractivity (Wildman–Crippen MR) is 68.6 cm³/mol. The molecule has 1 aromatic rings. The Hall–Kier alpha value is -2.58. The molecule has 9 nitrogen and oxygen atoms in total. The van der Waals surface area contributed by atoms with Crippen molar-refractivity contribution in [3.8, 4) is 0 Å². The summed E-state index contributed by atoms with van der Waals surface area (Å²) in [5.41, 5.74) is 5.36. The highest BCUT2D eigenvalue weighted by molar-refractivity contribution is 5.86. The summed E-state index contributed by atoms with van der Waals surface area (Å²) in [5, 5.41) is 15.3. The number of primary amides is 1. The molecule has 0 saturated carbocycles. The van der Waals surface area contributed by atoms with Gasteiger partial charge in [-0.1, -0.05) is 0 Å². The molecule has 3 amide bonds. The van der Waals surface area contributed by atoms with E-state index in [1.807, 2.05) is 0 Å². The van der Waals surface area contributed by atoms with Gasteiger partial charge in [0.05, 0.1) is 6.20 Å². The lowest BCUT2D eigenvalue weighted by Crippen LogP contribution is -2.46. The van der Waals surface area contributed by atoms with E-state index in [4.69, 9.17) is 10.8 Å². The van der Waals surface area contributed by atoms with E-state index in [0.717, 1.165) is 4.90 Å². The number of aromatic nitrogens is 2. The summed E-state index contributed by atoms with van der Waals surface area (Å²) in [7, 11) is 1.63. The van der Waals surface area contributed by atoms with Crippen LogP contribution in [-0.4, -0.2) is 50.8 Å². The Kier molecular flexibility index (Phi) is 5.07. The molecule has 9 heteroatoms. The van der Waals surface area contributed by atoms with E-state index in [1.165, 1.54) is 17.1 Å². The summed E-state index contributed by atoms with van der Waals surface area (Å²) in [5.74, 6) is -1.89. The van der Waals surface area contributed by atoms with Crippen LogP contribution >= 0.6 is 0 Å². The third-order valence-corrected chi connectivity index (χ3v) is 2.59. The summed E-state index contributed by atoms with van der Waals surface area (Å²) in [6, 6.07) is -1.92. The maximum absolute atomic E-state index is 11.9. The Morgan fingerprint density at radius 1 is 1.55 bits per heavy atom. The van der Waals surface area contributed by atoms with E-state index in [0.29, 0.717) is 5.56 Å². The highest BCUT2D eigenvalue weighted by Crippen LogP contribution is 2.12. The molecule has 0 aliphatic heterocycles. The number of amides is 3. The Balaban J connectivity index is 2.82. The SMILES string of the molecule is CCN(CC(N)=O)C(=O)NC(C(=O)O)c1cnn(C)c1. The first kappa shape index (κ1) is 15.5. The molecule has 0 spiro atoms. The van der Waals surface area contributed by atoms with E-state index in [1.54, 1.807) is 14.0 Å². The Labute approximate surface area is 115 Å². The maximum atomic E-state index is 11.9. The molecule has 0 aliphatic carbocycles. The number of carbonyl (C=O) groups excluding carboxylic acids is 2. The molecule has 1 atom stereocenters. The first-order valence-electron chi connectivity index (χ1n) is 5.90. The number of hydrogen-bond donors (Lipinski definition) is 3.